The van der Waals surface area contributed by atoms with Gasteiger partial charge in [0.1, 0.15) is 5.60 Å². The summed E-state index contributed by atoms with van der Waals surface area (Å²) < 4.78 is 5.34. The first-order valence-corrected chi connectivity index (χ1v) is 6.76. The van der Waals surface area contributed by atoms with Crippen LogP contribution in [-0.2, 0) is 4.74 Å². The highest BCUT2D eigenvalue weighted by Crippen LogP contribution is 2.32. The van der Waals surface area contributed by atoms with Crippen LogP contribution in [0.5, 0.6) is 0 Å². The molecule has 1 fully saturated rings. The van der Waals surface area contributed by atoms with Crippen molar-refractivity contribution in [3.05, 3.63) is 40.7 Å². The van der Waals surface area contributed by atoms with Gasteiger partial charge in [0.05, 0.1) is 6.57 Å². The number of carbonyl (C=O) groups excluding carboxylic acids is 1. The number of amides is 1. The molecule has 1 aromatic carbocycles. The van der Waals surface area contributed by atoms with Crippen molar-refractivity contribution in [2.75, 3.05) is 13.1 Å². The molecule has 4 nitrogen and oxygen atoms in total. The second kappa shape index (κ2) is 5.16. The topological polar surface area (TPSA) is 33.9 Å². The molecule has 0 unspecified atom stereocenters. The smallest absolute Gasteiger partial charge is 0.410 e. The summed E-state index contributed by atoms with van der Waals surface area (Å²) in [6.07, 6.45) is -0.246. The number of rotatable bonds is 1. The summed E-state index contributed by atoms with van der Waals surface area (Å²) in [6, 6.07) is 5.74. The number of benzene rings is 1. The van der Waals surface area contributed by atoms with E-state index in [1.54, 1.807) is 4.90 Å². The van der Waals surface area contributed by atoms with Crippen molar-refractivity contribution in [2.24, 2.45) is 0 Å². The van der Waals surface area contributed by atoms with Crippen LogP contribution in [0.3, 0.4) is 0 Å². The van der Waals surface area contributed by atoms with Gasteiger partial charge in [-0.15, -0.1) is 0 Å². The Labute approximate surface area is 120 Å². The molecule has 1 aliphatic heterocycles. The van der Waals surface area contributed by atoms with Crippen LogP contribution in [0.1, 0.15) is 37.8 Å². The van der Waals surface area contributed by atoms with E-state index in [4.69, 9.17) is 11.3 Å². The highest BCUT2D eigenvalue weighted by Gasteiger charge is 2.35. The van der Waals surface area contributed by atoms with Crippen LogP contribution >= 0.6 is 0 Å². The molecule has 0 aliphatic carbocycles. The number of carbonyl (C=O) groups is 1. The van der Waals surface area contributed by atoms with Gasteiger partial charge in [-0.25, -0.2) is 9.64 Å². The molecule has 106 valence electrons. The predicted molar refractivity (Wildman–Crippen MR) is 78.0 cm³/mol. The Morgan fingerprint density at radius 1 is 1.40 bits per heavy atom. The largest absolute Gasteiger partial charge is 0.444 e. The van der Waals surface area contributed by atoms with E-state index in [0.717, 1.165) is 5.56 Å². The summed E-state index contributed by atoms with van der Waals surface area (Å²) in [4.78, 5) is 17.0. The Morgan fingerprint density at radius 2 is 2.05 bits per heavy atom. The van der Waals surface area contributed by atoms with Gasteiger partial charge in [-0.3, -0.25) is 0 Å². The maximum Gasteiger partial charge on any atom is 0.410 e. The third-order valence-electron chi connectivity index (χ3n) is 3.36. The number of nitrogens with zero attached hydrogens (tertiary/aromatic N) is 2. The van der Waals surface area contributed by atoms with E-state index in [9.17, 15) is 4.79 Å². The Morgan fingerprint density at radius 3 is 2.55 bits per heavy atom. The third kappa shape index (κ3) is 3.11. The van der Waals surface area contributed by atoms with E-state index >= 15 is 0 Å². The maximum absolute atomic E-state index is 11.9. The van der Waals surface area contributed by atoms with Crippen molar-refractivity contribution in [1.29, 1.82) is 0 Å². The average molecular weight is 272 g/mol. The fraction of sp³-hybridized carbons (Fsp3) is 0.500. The Balaban J connectivity index is 1.97. The molecule has 0 spiro atoms. The van der Waals surface area contributed by atoms with Gasteiger partial charge in [-0.2, -0.15) is 0 Å². The van der Waals surface area contributed by atoms with Gasteiger partial charge >= 0.3 is 6.09 Å². The molecule has 4 heteroatoms. The number of ether oxygens (including phenoxy) is 1. The zero-order valence-corrected chi connectivity index (χ0v) is 12.4. The molecule has 0 saturated carbocycles. The molecule has 1 heterocycles. The summed E-state index contributed by atoms with van der Waals surface area (Å²) >= 11 is 0. The first-order chi connectivity index (χ1) is 9.30. The van der Waals surface area contributed by atoms with Gasteiger partial charge in [0.15, 0.2) is 5.69 Å². The standard InChI is InChI=1S/C16H20N2O2/c1-11-8-13(17-5)6-7-14(11)12-9-18(10-12)15(19)20-16(2,3)4/h6-8,12H,9-10H2,1-4H3. The molecule has 0 bridgehead atoms. The fourth-order valence-electron chi connectivity index (χ4n) is 2.34. The third-order valence-corrected chi connectivity index (χ3v) is 3.36. The fourth-order valence-corrected chi connectivity index (χ4v) is 2.34. The molecule has 1 amide bonds. The normalized spacial score (nSPS) is 15.4. The SMILES string of the molecule is [C-]#[N+]c1ccc(C2CN(C(=O)OC(C)(C)C)C2)c(C)c1. The summed E-state index contributed by atoms with van der Waals surface area (Å²) in [5.41, 5.74) is 2.55. The Bertz CT molecular complexity index is 561. The first-order valence-electron chi connectivity index (χ1n) is 6.76. The van der Waals surface area contributed by atoms with Crippen LogP contribution in [-0.4, -0.2) is 29.7 Å². The number of hydrogen-bond donors (Lipinski definition) is 0. The highest BCUT2D eigenvalue weighted by atomic mass is 16.6. The van der Waals surface area contributed by atoms with Gasteiger partial charge in [-0.05, 0) is 33.3 Å². The van der Waals surface area contributed by atoms with E-state index in [2.05, 4.69) is 4.85 Å². The monoisotopic (exact) mass is 272 g/mol. The lowest BCUT2D eigenvalue weighted by Gasteiger charge is -2.40. The molecule has 20 heavy (non-hydrogen) atoms. The van der Waals surface area contributed by atoms with Gasteiger partial charge in [-0.1, -0.05) is 23.8 Å². The van der Waals surface area contributed by atoms with Crippen LogP contribution in [0.4, 0.5) is 10.5 Å². The second-order valence-electron chi connectivity index (χ2n) is 6.23. The van der Waals surface area contributed by atoms with Gasteiger partial charge in [0.25, 0.3) is 0 Å². The summed E-state index contributed by atoms with van der Waals surface area (Å²) in [6.45, 7) is 16.0. The molecule has 1 aromatic rings. The minimum absolute atomic E-state index is 0.246. The first kappa shape index (κ1) is 14.4. The number of likely N-dealkylation sites (tertiary alicyclic amines) is 1. The summed E-state index contributed by atoms with van der Waals surface area (Å²) in [7, 11) is 0. The van der Waals surface area contributed by atoms with Crippen molar-refractivity contribution in [2.45, 2.75) is 39.2 Å². The minimum atomic E-state index is -0.449. The molecule has 0 radical (unpaired) electrons. The lowest BCUT2D eigenvalue weighted by atomic mass is 9.88. The second-order valence-corrected chi connectivity index (χ2v) is 6.23. The van der Waals surface area contributed by atoms with Crippen LogP contribution in [0, 0.1) is 13.5 Å². The van der Waals surface area contributed by atoms with E-state index in [1.165, 1.54) is 5.56 Å². The average Bonchev–Trinajstić information content (AvgIpc) is 2.26. The van der Waals surface area contributed by atoms with Gasteiger partial charge in [0.2, 0.25) is 0 Å². The van der Waals surface area contributed by atoms with Crippen molar-refractivity contribution in [3.63, 3.8) is 0 Å². The molecule has 1 saturated heterocycles. The molecular weight excluding hydrogens is 252 g/mol. The summed E-state index contributed by atoms with van der Waals surface area (Å²) in [5.74, 6) is 0.349. The lowest BCUT2D eigenvalue weighted by molar-refractivity contribution is 0.00814. The van der Waals surface area contributed by atoms with Crippen molar-refractivity contribution >= 4 is 11.8 Å². The number of aryl methyl sites for hydroxylation is 1. The van der Waals surface area contributed by atoms with E-state index in [0.29, 0.717) is 24.7 Å². The lowest BCUT2D eigenvalue weighted by Crippen LogP contribution is -2.50. The van der Waals surface area contributed by atoms with E-state index in [1.807, 2.05) is 45.9 Å². The number of hydrogen-bond acceptors (Lipinski definition) is 2. The minimum Gasteiger partial charge on any atom is -0.444 e. The van der Waals surface area contributed by atoms with Crippen LogP contribution in [0.15, 0.2) is 18.2 Å². The van der Waals surface area contributed by atoms with Crippen molar-refractivity contribution in [1.82, 2.24) is 4.90 Å². The molecule has 1 aliphatic rings. The van der Waals surface area contributed by atoms with E-state index < -0.39 is 5.60 Å². The Kier molecular flexibility index (Phi) is 3.71. The molecule has 0 atom stereocenters. The highest BCUT2D eigenvalue weighted by molar-refractivity contribution is 5.69. The van der Waals surface area contributed by atoms with E-state index in [-0.39, 0.29) is 6.09 Å². The Hall–Kier alpha value is -2.02. The van der Waals surface area contributed by atoms with Crippen LogP contribution < -0.4 is 0 Å². The summed E-state index contributed by atoms with van der Waals surface area (Å²) in [5, 5.41) is 0. The zero-order chi connectivity index (χ0) is 14.9. The van der Waals surface area contributed by atoms with Gasteiger partial charge < -0.3 is 9.64 Å². The molecule has 0 aromatic heterocycles. The van der Waals surface area contributed by atoms with Crippen molar-refractivity contribution in [3.8, 4) is 0 Å². The van der Waals surface area contributed by atoms with Crippen molar-refractivity contribution < 1.29 is 9.53 Å². The molecular formula is C16H20N2O2. The quantitative estimate of drug-likeness (QED) is 0.727. The molecule has 0 N–H and O–H groups in total. The zero-order valence-electron chi connectivity index (χ0n) is 12.4. The van der Waals surface area contributed by atoms with Crippen LogP contribution in [0.2, 0.25) is 0 Å². The molecule has 2 rings (SSSR count). The maximum atomic E-state index is 11.9. The predicted octanol–water partition coefficient (Wildman–Crippen LogP) is 3.88. The van der Waals surface area contributed by atoms with Crippen LogP contribution in [0.25, 0.3) is 4.85 Å². The van der Waals surface area contributed by atoms with Gasteiger partial charge in [0, 0.05) is 19.0 Å².